The quantitative estimate of drug-likeness (QED) is 0.412. The summed E-state index contributed by atoms with van der Waals surface area (Å²) in [5.41, 5.74) is 4.58. The van der Waals surface area contributed by atoms with Crippen molar-refractivity contribution >= 4 is 29.2 Å². The van der Waals surface area contributed by atoms with Crippen LogP contribution in [0.25, 0.3) is 11.1 Å². The molecule has 2 atom stereocenters. The number of hydrogen-bond donors (Lipinski definition) is 3. The van der Waals surface area contributed by atoms with Gasteiger partial charge in [-0.25, -0.2) is 4.39 Å². The standard InChI is InChI=1S/C24H24Cl2FN3O2/c25-21-11-16(14-1-3-18(27)4-2-14)12-22(26)20(21)10-15(24(31)32)7-8-28-19-5-6-23-17(9-19)13-29-30-23/h1-4,11-13,15,19,28H,5-10H2,(H,29,30)(H,31,32)/t15-,19-/m0/s1. The number of nitrogens with zero attached hydrogens (tertiary/aromatic N) is 1. The molecular formula is C24H24Cl2FN3O2. The molecule has 5 nitrogen and oxygen atoms in total. The van der Waals surface area contributed by atoms with Gasteiger partial charge in [-0.05, 0) is 85.2 Å². The summed E-state index contributed by atoms with van der Waals surface area (Å²) in [5.74, 6) is -1.80. The summed E-state index contributed by atoms with van der Waals surface area (Å²) < 4.78 is 13.2. The fraction of sp³-hybridized carbons (Fsp3) is 0.333. The Bertz CT molecular complexity index is 1080. The summed E-state index contributed by atoms with van der Waals surface area (Å²) in [5, 5.41) is 21.2. The molecule has 1 aliphatic rings. The van der Waals surface area contributed by atoms with Crippen LogP contribution in [0.2, 0.25) is 10.0 Å². The van der Waals surface area contributed by atoms with Gasteiger partial charge in [0.15, 0.2) is 0 Å². The number of aryl methyl sites for hydroxylation is 1. The topological polar surface area (TPSA) is 78.0 Å². The first-order valence-electron chi connectivity index (χ1n) is 10.6. The molecule has 0 saturated carbocycles. The first kappa shape index (κ1) is 22.8. The number of carboxylic acids is 1. The van der Waals surface area contributed by atoms with Crippen LogP contribution < -0.4 is 5.32 Å². The van der Waals surface area contributed by atoms with Crippen LogP contribution in [-0.4, -0.2) is 33.9 Å². The van der Waals surface area contributed by atoms with Crippen molar-refractivity contribution in [1.82, 2.24) is 15.5 Å². The van der Waals surface area contributed by atoms with E-state index in [1.807, 2.05) is 6.20 Å². The fourth-order valence-corrected chi connectivity index (χ4v) is 4.86. The molecule has 0 unspecified atom stereocenters. The first-order chi connectivity index (χ1) is 15.4. The lowest BCUT2D eigenvalue weighted by Gasteiger charge is -2.24. The van der Waals surface area contributed by atoms with Crippen molar-refractivity contribution in [3.8, 4) is 11.1 Å². The molecule has 0 fully saturated rings. The highest BCUT2D eigenvalue weighted by Gasteiger charge is 2.23. The smallest absolute Gasteiger partial charge is 0.306 e. The van der Waals surface area contributed by atoms with Crippen LogP contribution in [-0.2, 0) is 24.1 Å². The molecule has 3 aromatic rings. The van der Waals surface area contributed by atoms with Crippen LogP contribution in [0.3, 0.4) is 0 Å². The number of halogens is 3. The van der Waals surface area contributed by atoms with E-state index >= 15 is 0 Å². The second-order valence-electron chi connectivity index (χ2n) is 8.22. The van der Waals surface area contributed by atoms with Gasteiger partial charge in [0.1, 0.15) is 5.82 Å². The Morgan fingerprint density at radius 2 is 1.94 bits per heavy atom. The number of hydrogen-bond acceptors (Lipinski definition) is 3. The van der Waals surface area contributed by atoms with Gasteiger partial charge in [-0.15, -0.1) is 0 Å². The van der Waals surface area contributed by atoms with E-state index in [-0.39, 0.29) is 12.2 Å². The number of carbonyl (C=O) groups is 1. The predicted octanol–water partition coefficient (Wildman–Crippen LogP) is 5.30. The van der Waals surface area contributed by atoms with Crippen LogP contribution in [0.15, 0.2) is 42.6 Å². The van der Waals surface area contributed by atoms with E-state index in [0.29, 0.717) is 34.6 Å². The summed E-state index contributed by atoms with van der Waals surface area (Å²) in [6, 6.07) is 9.86. The molecule has 0 spiro atoms. The second-order valence-corrected chi connectivity index (χ2v) is 9.04. The van der Waals surface area contributed by atoms with Crippen molar-refractivity contribution in [2.24, 2.45) is 5.92 Å². The highest BCUT2D eigenvalue weighted by molar-refractivity contribution is 6.36. The van der Waals surface area contributed by atoms with Crippen molar-refractivity contribution in [2.75, 3.05) is 6.54 Å². The summed E-state index contributed by atoms with van der Waals surface area (Å²) in [4.78, 5) is 11.9. The van der Waals surface area contributed by atoms with Crippen LogP contribution in [0.1, 0.15) is 29.7 Å². The highest BCUT2D eigenvalue weighted by Crippen LogP contribution is 2.34. The van der Waals surface area contributed by atoms with E-state index < -0.39 is 11.9 Å². The number of aromatic amines is 1. The highest BCUT2D eigenvalue weighted by atomic mass is 35.5. The average Bonchev–Trinajstić information content (AvgIpc) is 3.23. The van der Waals surface area contributed by atoms with Gasteiger partial charge in [0.2, 0.25) is 0 Å². The average molecular weight is 476 g/mol. The van der Waals surface area contributed by atoms with E-state index in [0.717, 1.165) is 30.4 Å². The molecule has 32 heavy (non-hydrogen) atoms. The Morgan fingerprint density at radius 1 is 1.22 bits per heavy atom. The molecule has 1 aliphatic carbocycles. The second kappa shape index (κ2) is 10.0. The Balaban J connectivity index is 1.39. The Morgan fingerprint density at radius 3 is 2.62 bits per heavy atom. The zero-order valence-corrected chi connectivity index (χ0v) is 18.9. The number of rotatable bonds is 8. The van der Waals surface area contributed by atoms with Gasteiger partial charge in [0, 0.05) is 21.8 Å². The van der Waals surface area contributed by atoms with Crippen molar-refractivity contribution in [1.29, 1.82) is 0 Å². The van der Waals surface area contributed by atoms with Gasteiger partial charge < -0.3 is 10.4 Å². The number of benzene rings is 2. The zero-order valence-electron chi connectivity index (χ0n) is 17.4. The van der Waals surface area contributed by atoms with Gasteiger partial charge in [-0.1, -0.05) is 35.3 Å². The molecule has 4 rings (SSSR count). The maximum atomic E-state index is 13.2. The van der Waals surface area contributed by atoms with Gasteiger partial charge in [-0.2, -0.15) is 5.10 Å². The number of aliphatic carboxylic acids is 1. The van der Waals surface area contributed by atoms with E-state index in [1.54, 1.807) is 24.3 Å². The van der Waals surface area contributed by atoms with E-state index in [2.05, 4.69) is 15.5 Å². The third-order valence-electron chi connectivity index (χ3n) is 6.06. The Kier molecular flexibility index (Phi) is 7.13. The minimum Gasteiger partial charge on any atom is -0.481 e. The Labute approximate surface area is 195 Å². The van der Waals surface area contributed by atoms with Crippen molar-refractivity contribution in [2.45, 2.75) is 38.1 Å². The van der Waals surface area contributed by atoms with Crippen molar-refractivity contribution < 1.29 is 14.3 Å². The summed E-state index contributed by atoms with van der Waals surface area (Å²) >= 11 is 13.0. The van der Waals surface area contributed by atoms with Crippen molar-refractivity contribution in [3.63, 3.8) is 0 Å². The summed E-state index contributed by atoms with van der Waals surface area (Å²) in [6.07, 6.45) is 5.41. The minimum atomic E-state index is -0.873. The third-order valence-corrected chi connectivity index (χ3v) is 6.74. The predicted molar refractivity (Wildman–Crippen MR) is 124 cm³/mol. The van der Waals surface area contributed by atoms with Gasteiger partial charge in [-0.3, -0.25) is 9.89 Å². The van der Waals surface area contributed by atoms with Crippen LogP contribution in [0.4, 0.5) is 4.39 Å². The maximum absolute atomic E-state index is 13.2. The molecule has 0 radical (unpaired) electrons. The summed E-state index contributed by atoms with van der Waals surface area (Å²) in [6.45, 7) is 0.595. The van der Waals surface area contributed by atoms with Crippen LogP contribution in [0, 0.1) is 11.7 Å². The molecule has 8 heteroatoms. The largest absolute Gasteiger partial charge is 0.481 e. The SMILES string of the molecule is O=C(O)[C@@H](CCN[C@H]1CCc2[nH]ncc2C1)Cc1c(Cl)cc(-c2ccc(F)cc2)cc1Cl. The van der Waals surface area contributed by atoms with Crippen LogP contribution >= 0.6 is 23.2 Å². The first-order valence-corrected chi connectivity index (χ1v) is 11.4. The number of nitrogens with one attached hydrogen (secondary N) is 2. The number of H-pyrrole nitrogens is 1. The lowest BCUT2D eigenvalue weighted by atomic mass is 9.92. The van der Waals surface area contributed by atoms with E-state index in [9.17, 15) is 14.3 Å². The monoisotopic (exact) mass is 475 g/mol. The molecule has 168 valence electrons. The minimum absolute atomic E-state index is 0.245. The van der Waals surface area contributed by atoms with E-state index in [1.165, 1.54) is 23.4 Å². The van der Waals surface area contributed by atoms with Gasteiger partial charge in [0.25, 0.3) is 0 Å². The van der Waals surface area contributed by atoms with Gasteiger partial charge >= 0.3 is 5.97 Å². The molecule has 0 amide bonds. The normalized spacial score (nSPS) is 16.5. The molecule has 1 aromatic heterocycles. The van der Waals surface area contributed by atoms with E-state index in [4.69, 9.17) is 23.2 Å². The molecule has 0 aliphatic heterocycles. The van der Waals surface area contributed by atoms with Gasteiger partial charge in [0.05, 0.1) is 12.1 Å². The fourth-order valence-electron chi connectivity index (χ4n) is 4.22. The van der Waals surface area contributed by atoms with Crippen LogP contribution in [0.5, 0.6) is 0 Å². The third kappa shape index (κ3) is 5.31. The number of fused-ring (bicyclic) bond motifs is 1. The maximum Gasteiger partial charge on any atom is 0.306 e. The lowest BCUT2D eigenvalue weighted by Crippen LogP contribution is -2.36. The zero-order chi connectivity index (χ0) is 22.7. The molecule has 2 aromatic carbocycles. The molecule has 0 bridgehead atoms. The lowest BCUT2D eigenvalue weighted by molar-refractivity contribution is -0.141. The molecular weight excluding hydrogens is 452 g/mol. The summed E-state index contributed by atoms with van der Waals surface area (Å²) in [7, 11) is 0. The molecule has 3 N–H and O–H groups in total. The van der Waals surface area contributed by atoms with Crippen molar-refractivity contribution in [3.05, 3.63) is 75.3 Å². The number of aromatic nitrogens is 2. The molecule has 0 saturated heterocycles. The Hall–Kier alpha value is -2.41. The molecule has 1 heterocycles. The number of carboxylic acid groups (broad SMARTS) is 1.